The van der Waals surface area contributed by atoms with Crippen molar-refractivity contribution in [3.63, 3.8) is 0 Å². The van der Waals surface area contributed by atoms with Crippen LogP contribution in [0.25, 0.3) is 0 Å². The van der Waals surface area contributed by atoms with E-state index in [1.165, 1.54) is 5.56 Å². The van der Waals surface area contributed by atoms with Crippen LogP contribution in [0, 0.1) is 0 Å². The minimum atomic E-state index is 0.0290. The molecule has 1 unspecified atom stereocenters. The molecule has 2 aromatic carbocycles. The summed E-state index contributed by atoms with van der Waals surface area (Å²) in [6.07, 6.45) is 1.48. The minimum absolute atomic E-state index is 0.0290. The summed E-state index contributed by atoms with van der Waals surface area (Å²) >= 11 is 3.52. The molecule has 0 aliphatic heterocycles. The summed E-state index contributed by atoms with van der Waals surface area (Å²) in [5, 5.41) is 6.39. The lowest BCUT2D eigenvalue weighted by atomic mass is 10.0. The summed E-state index contributed by atoms with van der Waals surface area (Å²) in [4.78, 5) is 11.4. The lowest BCUT2D eigenvalue weighted by molar-refractivity contribution is -0.115. The van der Waals surface area contributed by atoms with E-state index in [-0.39, 0.29) is 11.9 Å². The topological polar surface area (TPSA) is 41.1 Å². The third-order valence-corrected chi connectivity index (χ3v) is 3.98. The summed E-state index contributed by atoms with van der Waals surface area (Å²) in [6, 6.07) is 16.4. The Hall–Kier alpha value is -1.81. The predicted molar refractivity (Wildman–Crippen MR) is 96.2 cm³/mol. The highest BCUT2D eigenvalue weighted by molar-refractivity contribution is 9.10. The zero-order valence-corrected chi connectivity index (χ0v) is 14.5. The Kier molecular flexibility index (Phi) is 6.01. The quantitative estimate of drug-likeness (QED) is 0.727. The summed E-state index contributed by atoms with van der Waals surface area (Å²) < 4.78 is 1.09. The second kappa shape index (κ2) is 7.99. The van der Waals surface area contributed by atoms with E-state index in [4.69, 9.17) is 0 Å². The Morgan fingerprint density at radius 2 is 1.77 bits per heavy atom. The van der Waals surface area contributed by atoms with E-state index in [1.807, 2.05) is 43.3 Å². The molecular weight excluding hydrogens is 340 g/mol. The molecule has 0 saturated carbocycles. The van der Waals surface area contributed by atoms with Gasteiger partial charge in [0.15, 0.2) is 0 Å². The van der Waals surface area contributed by atoms with Crippen LogP contribution >= 0.6 is 15.9 Å². The first kappa shape index (κ1) is 16.6. The highest BCUT2D eigenvalue weighted by Crippen LogP contribution is 2.25. The highest BCUT2D eigenvalue weighted by atomic mass is 79.9. The molecule has 116 valence electrons. The number of carbonyl (C=O) groups excluding carboxylic acids is 1. The average Bonchev–Trinajstić information content (AvgIpc) is 2.54. The summed E-state index contributed by atoms with van der Waals surface area (Å²) in [6.45, 7) is 4.00. The molecule has 0 aliphatic rings. The monoisotopic (exact) mass is 360 g/mol. The van der Waals surface area contributed by atoms with Gasteiger partial charge in [0.25, 0.3) is 0 Å². The maximum atomic E-state index is 11.4. The first-order chi connectivity index (χ1) is 10.6. The van der Waals surface area contributed by atoms with Crippen molar-refractivity contribution >= 4 is 33.2 Å². The average molecular weight is 361 g/mol. The Morgan fingerprint density at radius 1 is 1.09 bits per heavy atom. The summed E-state index contributed by atoms with van der Waals surface area (Å²) in [5.41, 5.74) is 3.12. The van der Waals surface area contributed by atoms with Gasteiger partial charge >= 0.3 is 0 Å². The number of carbonyl (C=O) groups is 1. The molecule has 0 heterocycles. The van der Waals surface area contributed by atoms with Gasteiger partial charge in [0, 0.05) is 22.3 Å². The smallest absolute Gasteiger partial charge is 0.224 e. The van der Waals surface area contributed by atoms with Gasteiger partial charge in [-0.2, -0.15) is 0 Å². The molecule has 0 saturated heterocycles. The Labute approximate surface area is 140 Å². The van der Waals surface area contributed by atoms with Gasteiger partial charge < -0.3 is 10.6 Å². The van der Waals surface area contributed by atoms with Gasteiger partial charge in [-0.05, 0) is 48.4 Å². The number of benzene rings is 2. The number of hydrogen-bond donors (Lipinski definition) is 2. The van der Waals surface area contributed by atoms with Crippen molar-refractivity contribution < 1.29 is 4.79 Å². The fraction of sp³-hybridized carbons (Fsp3) is 0.278. The third-order valence-electron chi connectivity index (χ3n) is 3.49. The Bertz CT molecular complexity index is 625. The number of amides is 1. The molecule has 3 nitrogen and oxygen atoms in total. The standard InChI is InChI=1S/C18H21BrN2O/c1-3-17(13-6-5-7-14(19)12-13)20-15-8-10-16(11-9-15)21-18(22)4-2/h5-12,17,20H,3-4H2,1-2H3,(H,21,22). The molecule has 22 heavy (non-hydrogen) atoms. The normalized spacial score (nSPS) is 11.8. The zero-order valence-electron chi connectivity index (χ0n) is 12.9. The molecule has 0 fully saturated rings. The molecule has 1 amide bonds. The van der Waals surface area contributed by atoms with Crippen molar-refractivity contribution in [2.24, 2.45) is 0 Å². The molecule has 0 bridgehead atoms. The fourth-order valence-corrected chi connectivity index (χ4v) is 2.66. The minimum Gasteiger partial charge on any atom is -0.378 e. The van der Waals surface area contributed by atoms with Crippen molar-refractivity contribution in [1.29, 1.82) is 0 Å². The van der Waals surface area contributed by atoms with Gasteiger partial charge in [0.2, 0.25) is 5.91 Å². The maximum absolute atomic E-state index is 11.4. The van der Waals surface area contributed by atoms with Crippen LogP contribution in [0.1, 0.15) is 38.3 Å². The zero-order chi connectivity index (χ0) is 15.9. The van der Waals surface area contributed by atoms with E-state index >= 15 is 0 Å². The molecule has 4 heteroatoms. The van der Waals surface area contributed by atoms with E-state index in [0.717, 1.165) is 22.3 Å². The first-order valence-electron chi connectivity index (χ1n) is 7.54. The molecule has 2 aromatic rings. The summed E-state index contributed by atoms with van der Waals surface area (Å²) in [7, 11) is 0. The molecule has 0 radical (unpaired) electrons. The second-order valence-electron chi connectivity index (χ2n) is 5.14. The van der Waals surface area contributed by atoms with Crippen LogP contribution in [-0.2, 0) is 4.79 Å². The van der Waals surface area contributed by atoms with Gasteiger partial charge in [-0.15, -0.1) is 0 Å². The van der Waals surface area contributed by atoms with Crippen molar-refractivity contribution in [1.82, 2.24) is 0 Å². The van der Waals surface area contributed by atoms with Crippen LogP contribution in [0.3, 0.4) is 0 Å². The SMILES string of the molecule is CCC(=O)Nc1ccc(NC(CC)c2cccc(Br)c2)cc1. The maximum Gasteiger partial charge on any atom is 0.224 e. The number of halogens is 1. The van der Waals surface area contributed by atoms with Crippen LogP contribution in [0.15, 0.2) is 53.0 Å². The van der Waals surface area contributed by atoms with E-state index in [1.54, 1.807) is 0 Å². The molecular formula is C18H21BrN2O. The first-order valence-corrected chi connectivity index (χ1v) is 8.33. The predicted octanol–water partition coefficient (Wildman–Crippen LogP) is 5.36. The van der Waals surface area contributed by atoms with Gasteiger partial charge in [0.05, 0.1) is 6.04 Å². The van der Waals surface area contributed by atoms with Crippen LogP contribution in [0.5, 0.6) is 0 Å². The van der Waals surface area contributed by atoms with Crippen LogP contribution < -0.4 is 10.6 Å². The molecule has 0 spiro atoms. The van der Waals surface area contributed by atoms with Gasteiger partial charge in [0.1, 0.15) is 0 Å². The van der Waals surface area contributed by atoms with E-state index in [2.05, 4.69) is 45.6 Å². The largest absolute Gasteiger partial charge is 0.378 e. The number of rotatable bonds is 6. The number of anilines is 2. The van der Waals surface area contributed by atoms with Gasteiger partial charge in [-0.25, -0.2) is 0 Å². The van der Waals surface area contributed by atoms with Crippen LogP contribution in [0.2, 0.25) is 0 Å². The van der Waals surface area contributed by atoms with E-state index in [9.17, 15) is 4.79 Å². The fourth-order valence-electron chi connectivity index (χ4n) is 2.24. The Morgan fingerprint density at radius 3 is 2.36 bits per heavy atom. The molecule has 1 atom stereocenters. The lowest BCUT2D eigenvalue weighted by Crippen LogP contribution is -2.11. The number of hydrogen-bond acceptors (Lipinski definition) is 2. The van der Waals surface area contributed by atoms with Gasteiger partial charge in [-0.1, -0.05) is 41.9 Å². The third kappa shape index (κ3) is 4.60. The highest BCUT2D eigenvalue weighted by Gasteiger charge is 2.09. The van der Waals surface area contributed by atoms with E-state index < -0.39 is 0 Å². The molecule has 0 aliphatic carbocycles. The van der Waals surface area contributed by atoms with Crippen molar-refractivity contribution in [2.45, 2.75) is 32.7 Å². The Balaban J connectivity index is 2.06. The number of nitrogens with one attached hydrogen (secondary N) is 2. The van der Waals surface area contributed by atoms with Crippen LogP contribution in [-0.4, -0.2) is 5.91 Å². The second-order valence-corrected chi connectivity index (χ2v) is 6.05. The van der Waals surface area contributed by atoms with Gasteiger partial charge in [-0.3, -0.25) is 4.79 Å². The van der Waals surface area contributed by atoms with Crippen molar-refractivity contribution in [2.75, 3.05) is 10.6 Å². The molecule has 0 aromatic heterocycles. The lowest BCUT2D eigenvalue weighted by Gasteiger charge is -2.19. The summed E-state index contributed by atoms with van der Waals surface area (Å²) in [5.74, 6) is 0.0290. The molecule has 2 rings (SSSR count). The van der Waals surface area contributed by atoms with Crippen molar-refractivity contribution in [3.05, 3.63) is 58.6 Å². The molecule has 2 N–H and O–H groups in total. The van der Waals surface area contributed by atoms with Crippen LogP contribution in [0.4, 0.5) is 11.4 Å². The van der Waals surface area contributed by atoms with Crippen molar-refractivity contribution in [3.8, 4) is 0 Å². The van der Waals surface area contributed by atoms with E-state index in [0.29, 0.717) is 6.42 Å².